The molecule has 2 aromatic carbocycles. The highest BCUT2D eigenvalue weighted by Gasteiger charge is 2.31. The van der Waals surface area contributed by atoms with E-state index in [4.69, 9.17) is 26.3 Å². The number of carbonyl (C=O) groups is 1. The van der Waals surface area contributed by atoms with Crippen molar-refractivity contribution in [3.05, 3.63) is 76.2 Å². The van der Waals surface area contributed by atoms with E-state index in [0.717, 1.165) is 47.6 Å². The van der Waals surface area contributed by atoms with Crippen molar-refractivity contribution in [2.45, 2.75) is 31.7 Å². The fourth-order valence-electron chi connectivity index (χ4n) is 3.92. The van der Waals surface area contributed by atoms with Crippen LogP contribution in [0.3, 0.4) is 0 Å². The Hall–Kier alpha value is -2.92. The highest BCUT2D eigenvalue weighted by Crippen LogP contribution is 2.40. The van der Waals surface area contributed by atoms with Gasteiger partial charge in [-0.15, -0.1) is 0 Å². The van der Waals surface area contributed by atoms with Gasteiger partial charge in [-0.3, -0.25) is 4.79 Å². The van der Waals surface area contributed by atoms with Crippen LogP contribution in [0.2, 0.25) is 5.02 Å². The molecule has 152 valence electrons. The minimum Gasteiger partial charge on any atom is -0.497 e. The molecule has 1 aliphatic carbocycles. The average molecular weight is 420 g/mol. The molecular weight excluding hydrogens is 398 g/mol. The lowest BCUT2D eigenvalue weighted by atomic mass is 9.98. The van der Waals surface area contributed by atoms with Crippen molar-refractivity contribution in [2.24, 2.45) is 0 Å². The number of aromatic nitrogens is 2. The quantitative estimate of drug-likeness (QED) is 0.604. The predicted octanol–water partition coefficient (Wildman–Crippen LogP) is 4.88. The lowest BCUT2D eigenvalue weighted by Gasteiger charge is -2.30. The molecule has 0 radical (unpaired) electrons. The molecule has 0 atom stereocenters. The number of hydrogen-bond donors (Lipinski definition) is 0. The van der Waals surface area contributed by atoms with Gasteiger partial charge in [0, 0.05) is 47.1 Å². The second-order valence-corrected chi connectivity index (χ2v) is 8.28. The van der Waals surface area contributed by atoms with Crippen molar-refractivity contribution < 1.29 is 9.53 Å². The zero-order chi connectivity index (χ0) is 20.7. The second-order valence-electron chi connectivity index (χ2n) is 7.85. The van der Waals surface area contributed by atoms with Crippen LogP contribution < -0.4 is 4.74 Å². The van der Waals surface area contributed by atoms with E-state index in [1.54, 1.807) is 13.2 Å². The zero-order valence-corrected chi connectivity index (χ0v) is 17.5. The summed E-state index contributed by atoms with van der Waals surface area (Å²) < 4.78 is 5.28. The number of amides is 1. The van der Waals surface area contributed by atoms with Gasteiger partial charge in [-0.05, 0) is 43.2 Å². The topological polar surface area (TPSA) is 55.3 Å². The van der Waals surface area contributed by atoms with E-state index in [1.165, 1.54) is 0 Å². The molecule has 0 spiro atoms. The fraction of sp³-hybridized carbons (Fsp3) is 0.292. The predicted molar refractivity (Wildman–Crippen MR) is 116 cm³/mol. The van der Waals surface area contributed by atoms with Crippen LogP contribution in [0, 0.1) is 0 Å². The average Bonchev–Trinajstić information content (AvgIpc) is 3.64. The standard InChI is InChI=1S/C24H22ClN3O2/c1-30-19-4-2-3-17(13-19)24(29)28-12-11-21-20(14-28)22(15-7-9-18(25)10-8-15)27-23(26-21)16-5-6-16/h2-4,7-10,13,16H,5-6,11-12,14H2,1H3. The normalized spacial score (nSPS) is 15.6. The van der Waals surface area contributed by atoms with E-state index in [2.05, 4.69) is 0 Å². The Kier molecular flexibility index (Phi) is 4.91. The third kappa shape index (κ3) is 3.65. The Morgan fingerprint density at radius 3 is 2.67 bits per heavy atom. The van der Waals surface area contributed by atoms with E-state index in [9.17, 15) is 4.79 Å². The molecule has 1 amide bonds. The van der Waals surface area contributed by atoms with E-state index in [1.807, 2.05) is 47.4 Å². The van der Waals surface area contributed by atoms with Crippen molar-refractivity contribution in [3.63, 3.8) is 0 Å². The van der Waals surface area contributed by atoms with Gasteiger partial charge >= 0.3 is 0 Å². The van der Waals surface area contributed by atoms with E-state index in [-0.39, 0.29) is 5.91 Å². The Morgan fingerprint density at radius 1 is 1.13 bits per heavy atom. The molecule has 2 heterocycles. The van der Waals surface area contributed by atoms with Crippen LogP contribution in [0.15, 0.2) is 48.5 Å². The molecule has 1 saturated carbocycles. The molecule has 5 rings (SSSR count). The summed E-state index contributed by atoms with van der Waals surface area (Å²) in [6.07, 6.45) is 3.03. The first-order valence-electron chi connectivity index (χ1n) is 10.2. The van der Waals surface area contributed by atoms with Crippen molar-refractivity contribution in [3.8, 4) is 17.0 Å². The summed E-state index contributed by atoms with van der Waals surface area (Å²) >= 11 is 6.10. The summed E-state index contributed by atoms with van der Waals surface area (Å²) in [6, 6.07) is 15.0. The van der Waals surface area contributed by atoms with Crippen LogP contribution in [0.25, 0.3) is 11.3 Å². The molecule has 1 fully saturated rings. The van der Waals surface area contributed by atoms with Gasteiger partial charge in [0.1, 0.15) is 11.6 Å². The maximum absolute atomic E-state index is 13.2. The summed E-state index contributed by atoms with van der Waals surface area (Å²) in [5.41, 5.74) is 4.65. The molecule has 0 N–H and O–H groups in total. The van der Waals surface area contributed by atoms with Gasteiger partial charge in [-0.2, -0.15) is 0 Å². The Balaban J connectivity index is 1.51. The van der Waals surface area contributed by atoms with Gasteiger partial charge in [0.15, 0.2) is 0 Å². The number of nitrogens with zero attached hydrogens (tertiary/aromatic N) is 3. The minimum absolute atomic E-state index is 0.00660. The van der Waals surface area contributed by atoms with Crippen LogP contribution in [0.5, 0.6) is 5.75 Å². The molecule has 2 aliphatic rings. The summed E-state index contributed by atoms with van der Waals surface area (Å²) in [7, 11) is 1.61. The van der Waals surface area contributed by atoms with Gasteiger partial charge in [-0.25, -0.2) is 9.97 Å². The summed E-state index contributed by atoms with van der Waals surface area (Å²) in [4.78, 5) is 24.8. The highest BCUT2D eigenvalue weighted by molar-refractivity contribution is 6.30. The molecule has 6 heteroatoms. The first kappa shape index (κ1) is 19.1. The molecule has 5 nitrogen and oxygen atoms in total. The van der Waals surface area contributed by atoms with Crippen molar-refractivity contribution in [1.82, 2.24) is 14.9 Å². The van der Waals surface area contributed by atoms with E-state index >= 15 is 0 Å². The molecule has 0 bridgehead atoms. The van der Waals surface area contributed by atoms with Gasteiger partial charge in [0.2, 0.25) is 0 Å². The fourth-order valence-corrected chi connectivity index (χ4v) is 4.04. The lowest BCUT2D eigenvalue weighted by molar-refractivity contribution is 0.0733. The van der Waals surface area contributed by atoms with Gasteiger partial charge in [-0.1, -0.05) is 29.8 Å². The molecule has 0 saturated heterocycles. The van der Waals surface area contributed by atoms with Crippen LogP contribution in [0.1, 0.15) is 46.2 Å². The Morgan fingerprint density at radius 2 is 1.93 bits per heavy atom. The number of ether oxygens (including phenoxy) is 1. The Labute approximate surface area is 180 Å². The maximum Gasteiger partial charge on any atom is 0.254 e. The first-order valence-corrected chi connectivity index (χ1v) is 10.6. The van der Waals surface area contributed by atoms with E-state index in [0.29, 0.717) is 35.3 Å². The monoisotopic (exact) mass is 419 g/mol. The molecule has 1 aliphatic heterocycles. The smallest absolute Gasteiger partial charge is 0.254 e. The third-order valence-electron chi connectivity index (χ3n) is 5.74. The van der Waals surface area contributed by atoms with Gasteiger partial charge in [0.05, 0.1) is 18.5 Å². The zero-order valence-electron chi connectivity index (χ0n) is 16.8. The van der Waals surface area contributed by atoms with Crippen LogP contribution >= 0.6 is 11.6 Å². The summed E-state index contributed by atoms with van der Waals surface area (Å²) in [5, 5.41) is 0.693. The van der Waals surface area contributed by atoms with Crippen LogP contribution in [-0.2, 0) is 13.0 Å². The molecular formula is C24H22ClN3O2. The lowest BCUT2D eigenvalue weighted by Crippen LogP contribution is -2.37. The maximum atomic E-state index is 13.2. The van der Waals surface area contributed by atoms with Gasteiger partial charge in [0.25, 0.3) is 5.91 Å². The molecule has 3 aromatic rings. The van der Waals surface area contributed by atoms with E-state index < -0.39 is 0 Å². The molecule has 0 unspecified atom stereocenters. The number of rotatable bonds is 4. The van der Waals surface area contributed by atoms with Crippen molar-refractivity contribution in [2.75, 3.05) is 13.7 Å². The van der Waals surface area contributed by atoms with Crippen LogP contribution in [0.4, 0.5) is 0 Å². The number of benzene rings is 2. The number of fused-ring (bicyclic) bond motifs is 1. The number of hydrogen-bond acceptors (Lipinski definition) is 4. The highest BCUT2D eigenvalue weighted by atomic mass is 35.5. The first-order chi connectivity index (χ1) is 14.6. The number of carbonyl (C=O) groups excluding carboxylic acids is 1. The third-order valence-corrected chi connectivity index (χ3v) is 5.99. The SMILES string of the molecule is COc1cccc(C(=O)N2CCc3nc(C4CC4)nc(-c4ccc(Cl)cc4)c3C2)c1. The van der Waals surface area contributed by atoms with Crippen molar-refractivity contribution >= 4 is 17.5 Å². The largest absolute Gasteiger partial charge is 0.497 e. The number of methoxy groups -OCH3 is 1. The molecule has 30 heavy (non-hydrogen) atoms. The molecule has 1 aromatic heterocycles. The van der Waals surface area contributed by atoms with Gasteiger partial charge < -0.3 is 9.64 Å². The van der Waals surface area contributed by atoms with Crippen LogP contribution in [-0.4, -0.2) is 34.4 Å². The Bertz CT molecular complexity index is 1110. The summed E-state index contributed by atoms with van der Waals surface area (Å²) in [5.74, 6) is 2.08. The number of halogens is 1. The summed E-state index contributed by atoms with van der Waals surface area (Å²) in [6.45, 7) is 1.14. The van der Waals surface area contributed by atoms with Crippen molar-refractivity contribution in [1.29, 1.82) is 0 Å². The second kappa shape index (κ2) is 7.73. The minimum atomic E-state index is -0.00660.